The maximum absolute atomic E-state index is 13.6. The van der Waals surface area contributed by atoms with Crippen LogP contribution < -0.4 is 16.2 Å². The average molecular weight is 275 g/mol. The molecule has 0 unspecified atom stereocenters. The van der Waals surface area contributed by atoms with E-state index in [0.717, 1.165) is 6.07 Å². The molecule has 0 amide bonds. The Morgan fingerprint density at radius 2 is 2.20 bits per heavy atom. The molecule has 0 aliphatic rings. The zero-order valence-corrected chi connectivity index (χ0v) is 10.4. The highest BCUT2D eigenvalue weighted by Crippen LogP contribution is 2.25. The number of aromatic nitrogens is 4. The number of nitrogens with zero attached hydrogens (tertiary/aromatic N) is 3. The molecular formula is C12H10FN5O2. The monoisotopic (exact) mass is 275 g/mol. The predicted molar refractivity (Wildman–Crippen MR) is 69.2 cm³/mol. The predicted octanol–water partition coefficient (Wildman–Crippen LogP) is 1.24. The number of aromatic amines is 1. The molecule has 0 saturated heterocycles. The van der Waals surface area contributed by atoms with Gasteiger partial charge in [-0.3, -0.25) is 0 Å². The van der Waals surface area contributed by atoms with Gasteiger partial charge in [-0.15, -0.1) is 0 Å². The molecule has 0 bridgehead atoms. The molecule has 0 saturated carbocycles. The summed E-state index contributed by atoms with van der Waals surface area (Å²) in [4.78, 5) is 15.5. The molecule has 0 radical (unpaired) electrons. The summed E-state index contributed by atoms with van der Waals surface area (Å²) in [5.74, 6) is -0.0816. The van der Waals surface area contributed by atoms with Crippen LogP contribution in [0.5, 0.6) is 11.6 Å². The summed E-state index contributed by atoms with van der Waals surface area (Å²) in [6, 6.07) is 5.51. The molecule has 0 fully saturated rings. The first-order valence-corrected chi connectivity index (χ1v) is 5.72. The van der Waals surface area contributed by atoms with E-state index in [1.165, 1.54) is 22.6 Å². The minimum absolute atomic E-state index is 0.00617. The van der Waals surface area contributed by atoms with E-state index in [9.17, 15) is 9.18 Å². The maximum atomic E-state index is 13.6. The van der Waals surface area contributed by atoms with Crippen LogP contribution in [0.2, 0.25) is 0 Å². The van der Waals surface area contributed by atoms with Gasteiger partial charge >= 0.3 is 5.69 Å². The van der Waals surface area contributed by atoms with Gasteiger partial charge in [0.2, 0.25) is 5.88 Å². The van der Waals surface area contributed by atoms with Crippen LogP contribution >= 0.6 is 0 Å². The Kier molecular flexibility index (Phi) is 2.63. The standard InChI is InChI=1S/C12H10FN5O2/c1-6-15-11(5-10-16-17-12(19)18(6)10)20-9-3-2-7(14)4-8(9)13/h2-5H,14H2,1H3,(H,17,19). The summed E-state index contributed by atoms with van der Waals surface area (Å²) >= 11 is 0. The highest BCUT2D eigenvalue weighted by atomic mass is 19.1. The van der Waals surface area contributed by atoms with Gasteiger partial charge in [-0.05, 0) is 19.1 Å². The number of hydrogen-bond acceptors (Lipinski definition) is 5. The number of H-pyrrole nitrogens is 1. The first-order valence-electron chi connectivity index (χ1n) is 5.72. The Hall–Kier alpha value is -2.90. The van der Waals surface area contributed by atoms with Crippen molar-refractivity contribution in [3.63, 3.8) is 0 Å². The highest BCUT2D eigenvalue weighted by Gasteiger charge is 2.10. The molecule has 8 heteroatoms. The average Bonchev–Trinajstić information content (AvgIpc) is 2.75. The number of rotatable bonds is 2. The normalized spacial score (nSPS) is 10.9. The van der Waals surface area contributed by atoms with Crippen molar-refractivity contribution < 1.29 is 9.13 Å². The summed E-state index contributed by atoms with van der Waals surface area (Å²) < 4.78 is 20.3. The van der Waals surface area contributed by atoms with Crippen LogP contribution in [0.25, 0.3) is 5.65 Å². The van der Waals surface area contributed by atoms with Crippen molar-refractivity contribution in [1.29, 1.82) is 0 Å². The van der Waals surface area contributed by atoms with E-state index in [1.54, 1.807) is 6.92 Å². The van der Waals surface area contributed by atoms with E-state index in [-0.39, 0.29) is 11.6 Å². The summed E-state index contributed by atoms with van der Waals surface area (Å²) in [5, 5.41) is 6.11. The molecule has 2 heterocycles. The van der Waals surface area contributed by atoms with Crippen molar-refractivity contribution in [2.45, 2.75) is 6.92 Å². The zero-order valence-electron chi connectivity index (χ0n) is 10.4. The van der Waals surface area contributed by atoms with Gasteiger partial charge in [0.15, 0.2) is 17.2 Å². The fourth-order valence-electron chi connectivity index (χ4n) is 1.84. The fourth-order valence-corrected chi connectivity index (χ4v) is 1.84. The molecule has 102 valence electrons. The van der Waals surface area contributed by atoms with Crippen molar-refractivity contribution >= 4 is 11.3 Å². The van der Waals surface area contributed by atoms with Crippen LogP contribution in [-0.2, 0) is 0 Å². The van der Waals surface area contributed by atoms with E-state index >= 15 is 0 Å². The summed E-state index contributed by atoms with van der Waals surface area (Å²) in [5.41, 5.74) is 5.71. The molecule has 3 rings (SSSR count). The highest BCUT2D eigenvalue weighted by molar-refractivity contribution is 5.45. The Morgan fingerprint density at radius 3 is 2.95 bits per heavy atom. The quantitative estimate of drug-likeness (QED) is 0.685. The topological polar surface area (TPSA) is 98.3 Å². The number of nitrogens with one attached hydrogen (secondary N) is 1. The molecule has 2 aromatic heterocycles. The summed E-state index contributed by atoms with van der Waals surface area (Å²) in [6.45, 7) is 1.62. The Balaban J connectivity index is 2.04. The van der Waals surface area contributed by atoms with Gasteiger partial charge in [0.1, 0.15) is 5.82 Å². The lowest BCUT2D eigenvalue weighted by Gasteiger charge is -2.07. The van der Waals surface area contributed by atoms with E-state index < -0.39 is 11.5 Å². The second kappa shape index (κ2) is 4.34. The van der Waals surface area contributed by atoms with Crippen molar-refractivity contribution in [3.8, 4) is 11.6 Å². The van der Waals surface area contributed by atoms with Crippen molar-refractivity contribution in [2.24, 2.45) is 0 Å². The number of nitrogens with two attached hydrogens (primary N) is 1. The van der Waals surface area contributed by atoms with Crippen molar-refractivity contribution in [1.82, 2.24) is 19.6 Å². The van der Waals surface area contributed by atoms with Gasteiger partial charge in [0.05, 0.1) is 0 Å². The first-order chi connectivity index (χ1) is 9.54. The van der Waals surface area contributed by atoms with Gasteiger partial charge in [0.25, 0.3) is 0 Å². The molecule has 7 nitrogen and oxygen atoms in total. The minimum atomic E-state index is -0.594. The first kappa shape index (κ1) is 12.2. The maximum Gasteiger partial charge on any atom is 0.349 e. The molecule has 0 aliphatic heterocycles. The third kappa shape index (κ3) is 1.96. The van der Waals surface area contributed by atoms with Gasteiger partial charge in [-0.1, -0.05) is 0 Å². The lowest BCUT2D eigenvalue weighted by atomic mass is 10.3. The number of halogens is 1. The van der Waals surface area contributed by atoms with Gasteiger partial charge < -0.3 is 10.5 Å². The Labute approximate surface area is 111 Å². The van der Waals surface area contributed by atoms with E-state index in [4.69, 9.17) is 10.5 Å². The largest absolute Gasteiger partial charge is 0.436 e. The van der Waals surface area contributed by atoms with Crippen LogP contribution in [0, 0.1) is 12.7 Å². The van der Waals surface area contributed by atoms with Crippen LogP contribution in [0.15, 0.2) is 29.1 Å². The van der Waals surface area contributed by atoms with Crippen molar-refractivity contribution in [2.75, 3.05) is 5.73 Å². The second-order valence-electron chi connectivity index (χ2n) is 4.16. The molecule has 20 heavy (non-hydrogen) atoms. The smallest absolute Gasteiger partial charge is 0.349 e. The lowest BCUT2D eigenvalue weighted by molar-refractivity contribution is 0.425. The third-order valence-corrected chi connectivity index (χ3v) is 2.72. The van der Waals surface area contributed by atoms with Crippen molar-refractivity contribution in [3.05, 3.63) is 46.4 Å². The number of hydrogen-bond donors (Lipinski definition) is 2. The van der Waals surface area contributed by atoms with E-state index in [0.29, 0.717) is 17.2 Å². The Bertz CT molecular complexity index is 855. The molecule has 3 aromatic rings. The van der Waals surface area contributed by atoms with Crippen LogP contribution in [0.1, 0.15) is 5.82 Å². The van der Waals surface area contributed by atoms with Gasteiger partial charge in [-0.2, -0.15) is 10.1 Å². The molecule has 1 aromatic carbocycles. The minimum Gasteiger partial charge on any atom is -0.436 e. The molecule has 0 spiro atoms. The molecule has 0 atom stereocenters. The number of benzene rings is 1. The molecule has 0 aliphatic carbocycles. The number of nitrogen functional groups attached to an aromatic ring is 1. The lowest BCUT2D eigenvalue weighted by Crippen LogP contribution is -2.13. The number of fused-ring (bicyclic) bond motifs is 1. The zero-order chi connectivity index (χ0) is 14.3. The molecule has 3 N–H and O–H groups in total. The van der Waals surface area contributed by atoms with E-state index in [2.05, 4.69) is 15.2 Å². The Morgan fingerprint density at radius 1 is 1.40 bits per heavy atom. The fraction of sp³-hybridized carbons (Fsp3) is 0.0833. The van der Waals surface area contributed by atoms with Crippen LogP contribution in [0.3, 0.4) is 0 Å². The SMILES string of the molecule is Cc1nc(Oc2ccc(N)cc2F)cc2n[nH]c(=O)n12. The van der Waals surface area contributed by atoms with Crippen LogP contribution in [-0.4, -0.2) is 19.6 Å². The van der Waals surface area contributed by atoms with Gasteiger partial charge in [0, 0.05) is 17.8 Å². The number of aryl methyl sites for hydroxylation is 1. The van der Waals surface area contributed by atoms with Gasteiger partial charge in [-0.25, -0.2) is 18.7 Å². The number of anilines is 1. The van der Waals surface area contributed by atoms with E-state index in [1.807, 2.05) is 0 Å². The summed E-state index contributed by atoms with van der Waals surface area (Å²) in [7, 11) is 0. The third-order valence-electron chi connectivity index (χ3n) is 2.72. The molecular weight excluding hydrogens is 265 g/mol. The van der Waals surface area contributed by atoms with Crippen LogP contribution in [0.4, 0.5) is 10.1 Å². The second-order valence-corrected chi connectivity index (χ2v) is 4.16. The number of ether oxygens (including phenoxy) is 1. The summed E-state index contributed by atoms with van der Waals surface area (Å²) in [6.07, 6.45) is 0.